The van der Waals surface area contributed by atoms with Gasteiger partial charge < -0.3 is 10.1 Å². The number of nitrogens with zero attached hydrogens (tertiary/aromatic N) is 4. The third kappa shape index (κ3) is 4.78. The van der Waals surface area contributed by atoms with Gasteiger partial charge in [0.15, 0.2) is 5.65 Å². The lowest BCUT2D eigenvalue weighted by Crippen LogP contribution is -2.06. The van der Waals surface area contributed by atoms with Crippen LogP contribution in [0.3, 0.4) is 0 Å². The summed E-state index contributed by atoms with van der Waals surface area (Å²) in [6.07, 6.45) is 6.14. The second-order valence-corrected chi connectivity index (χ2v) is 7.94. The molecule has 0 bridgehead atoms. The number of aromatic nitrogens is 4. The standard InChI is InChI=1S/C27H23N5O2/c1-34-25-10-3-2-9-24(25)29-27-30-26-12-11-22(18-32(26)31-27)21-8-4-6-19(14-21)15-23(33)16-20-7-5-13-28-17-20/h2-14,17-18H,15-16H2,1H3,(H,29,31). The van der Waals surface area contributed by atoms with Crippen LogP contribution in [0.1, 0.15) is 11.1 Å². The topological polar surface area (TPSA) is 81.4 Å². The Morgan fingerprint density at radius 3 is 2.65 bits per heavy atom. The van der Waals surface area contributed by atoms with Gasteiger partial charge in [-0.25, -0.2) is 4.52 Å². The molecule has 2 aromatic carbocycles. The minimum absolute atomic E-state index is 0.156. The predicted molar refractivity (Wildman–Crippen MR) is 131 cm³/mol. The van der Waals surface area contributed by atoms with Crippen molar-refractivity contribution < 1.29 is 9.53 Å². The molecule has 3 aromatic heterocycles. The zero-order valence-electron chi connectivity index (χ0n) is 18.7. The average Bonchev–Trinajstić information content (AvgIpc) is 3.26. The molecule has 34 heavy (non-hydrogen) atoms. The Hall–Kier alpha value is -4.52. The number of para-hydroxylation sites is 2. The molecule has 0 aliphatic carbocycles. The third-order valence-corrected chi connectivity index (χ3v) is 5.47. The van der Waals surface area contributed by atoms with Gasteiger partial charge in [-0.05, 0) is 47.0 Å². The maximum absolute atomic E-state index is 12.5. The van der Waals surface area contributed by atoms with Gasteiger partial charge in [-0.2, -0.15) is 4.98 Å². The first-order chi connectivity index (χ1) is 16.7. The first kappa shape index (κ1) is 21.3. The fourth-order valence-electron chi connectivity index (χ4n) is 3.86. The van der Waals surface area contributed by atoms with Gasteiger partial charge >= 0.3 is 0 Å². The first-order valence-corrected chi connectivity index (χ1v) is 10.9. The van der Waals surface area contributed by atoms with E-state index in [4.69, 9.17) is 4.74 Å². The second kappa shape index (κ2) is 9.54. The zero-order valence-corrected chi connectivity index (χ0v) is 18.7. The van der Waals surface area contributed by atoms with Crippen molar-refractivity contribution in [3.63, 3.8) is 0 Å². The quantitative estimate of drug-likeness (QED) is 0.363. The molecule has 3 heterocycles. The van der Waals surface area contributed by atoms with Crippen molar-refractivity contribution in [2.24, 2.45) is 0 Å². The van der Waals surface area contributed by atoms with Crippen LogP contribution in [-0.4, -0.2) is 32.5 Å². The van der Waals surface area contributed by atoms with E-state index in [9.17, 15) is 4.79 Å². The summed E-state index contributed by atoms with van der Waals surface area (Å²) in [7, 11) is 1.63. The molecule has 0 amide bonds. The van der Waals surface area contributed by atoms with Gasteiger partial charge in [-0.3, -0.25) is 9.78 Å². The molecule has 0 aliphatic heterocycles. The van der Waals surface area contributed by atoms with Crippen LogP contribution >= 0.6 is 0 Å². The van der Waals surface area contributed by atoms with E-state index in [2.05, 4.69) is 20.4 Å². The minimum atomic E-state index is 0.156. The Kier molecular flexibility index (Phi) is 5.99. The van der Waals surface area contributed by atoms with Gasteiger partial charge in [-0.15, -0.1) is 5.10 Å². The van der Waals surface area contributed by atoms with Crippen LogP contribution < -0.4 is 10.1 Å². The Labute approximate surface area is 197 Å². The normalized spacial score (nSPS) is 10.9. The van der Waals surface area contributed by atoms with E-state index < -0.39 is 0 Å². The number of carbonyl (C=O) groups is 1. The zero-order chi connectivity index (χ0) is 23.3. The van der Waals surface area contributed by atoms with Gasteiger partial charge in [0, 0.05) is 37.0 Å². The highest BCUT2D eigenvalue weighted by molar-refractivity contribution is 5.83. The van der Waals surface area contributed by atoms with Crippen molar-refractivity contribution in [3.05, 3.63) is 103 Å². The highest BCUT2D eigenvalue weighted by Crippen LogP contribution is 2.26. The number of Topliss-reactive ketones (excluding diaryl/α,β-unsaturated/α-hetero) is 1. The van der Waals surface area contributed by atoms with Gasteiger partial charge in [0.2, 0.25) is 5.95 Å². The van der Waals surface area contributed by atoms with Crippen molar-refractivity contribution in [3.8, 4) is 16.9 Å². The van der Waals surface area contributed by atoms with Gasteiger partial charge in [0.1, 0.15) is 11.5 Å². The summed E-state index contributed by atoms with van der Waals surface area (Å²) in [5.74, 6) is 1.36. The molecule has 0 atom stereocenters. The van der Waals surface area contributed by atoms with Crippen LogP contribution in [0.4, 0.5) is 11.6 Å². The molecule has 1 N–H and O–H groups in total. The van der Waals surface area contributed by atoms with E-state index in [1.807, 2.05) is 79.0 Å². The van der Waals surface area contributed by atoms with Crippen molar-refractivity contribution >= 4 is 23.1 Å². The van der Waals surface area contributed by atoms with Crippen LogP contribution in [-0.2, 0) is 17.6 Å². The fraction of sp³-hybridized carbons (Fsp3) is 0.111. The summed E-state index contributed by atoms with van der Waals surface area (Å²) < 4.78 is 7.13. The summed E-state index contributed by atoms with van der Waals surface area (Å²) in [4.78, 5) is 21.2. The van der Waals surface area contributed by atoms with Crippen LogP contribution in [0.2, 0.25) is 0 Å². The number of rotatable bonds is 8. The summed E-state index contributed by atoms with van der Waals surface area (Å²) in [6.45, 7) is 0. The molecule has 0 spiro atoms. The molecule has 0 radical (unpaired) electrons. The number of anilines is 2. The van der Waals surface area contributed by atoms with E-state index in [0.717, 1.165) is 39.3 Å². The number of hydrogen-bond donors (Lipinski definition) is 1. The number of hydrogen-bond acceptors (Lipinski definition) is 6. The number of carbonyl (C=O) groups excluding carboxylic acids is 1. The molecule has 0 saturated carbocycles. The monoisotopic (exact) mass is 449 g/mol. The summed E-state index contributed by atoms with van der Waals surface area (Å²) in [6, 6.07) is 23.4. The highest BCUT2D eigenvalue weighted by Gasteiger charge is 2.10. The van der Waals surface area contributed by atoms with Crippen LogP contribution in [0.5, 0.6) is 5.75 Å². The number of methoxy groups -OCH3 is 1. The Morgan fingerprint density at radius 1 is 0.941 bits per heavy atom. The predicted octanol–water partition coefficient (Wildman–Crippen LogP) is 4.90. The maximum Gasteiger partial charge on any atom is 0.247 e. The highest BCUT2D eigenvalue weighted by atomic mass is 16.5. The number of ketones is 1. The number of pyridine rings is 2. The summed E-state index contributed by atoms with van der Waals surface area (Å²) in [5.41, 5.74) is 5.43. The molecule has 0 unspecified atom stereocenters. The Morgan fingerprint density at radius 2 is 1.79 bits per heavy atom. The molecular weight excluding hydrogens is 426 g/mol. The van der Waals surface area contributed by atoms with E-state index >= 15 is 0 Å². The third-order valence-electron chi connectivity index (χ3n) is 5.47. The molecular formula is C27H23N5O2. The van der Waals surface area contributed by atoms with Crippen LogP contribution in [0.25, 0.3) is 16.8 Å². The van der Waals surface area contributed by atoms with Gasteiger partial charge in [0.25, 0.3) is 0 Å². The first-order valence-electron chi connectivity index (χ1n) is 10.9. The largest absolute Gasteiger partial charge is 0.495 e. The van der Waals surface area contributed by atoms with Crippen LogP contribution in [0.15, 0.2) is 91.4 Å². The molecule has 7 nitrogen and oxygen atoms in total. The SMILES string of the molecule is COc1ccccc1Nc1nc2ccc(-c3cccc(CC(=O)Cc4cccnc4)c3)cn2n1. The number of ether oxygens (including phenoxy) is 1. The fourth-order valence-corrected chi connectivity index (χ4v) is 3.86. The lowest BCUT2D eigenvalue weighted by Gasteiger charge is -2.07. The number of nitrogens with one attached hydrogen (secondary N) is 1. The van der Waals surface area contributed by atoms with Crippen LogP contribution in [0, 0.1) is 0 Å². The molecule has 0 saturated heterocycles. The van der Waals surface area contributed by atoms with E-state index in [0.29, 0.717) is 18.8 Å². The average molecular weight is 450 g/mol. The smallest absolute Gasteiger partial charge is 0.247 e. The van der Waals surface area contributed by atoms with Crippen molar-refractivity contribution in [1.82, 2.24) is 19.6 Å². The molecule has 168 valence electrons. The van der Waals surface area contributed by atoms with Crippen molar-refractivity contribution in [2.45, 2.75) is 12.8 Å². The Bertz CT molecular complexity index is 1450. The number of benzene rings is 2. The van der Waals surface area contributed by atoms with Gasteiger partial charge in [0.05, 0.1) is 12.8 Å². The van der Waals surface area contributed by atoms with Crippen molar-refractivity contribution in [2.75, 3.05) is 12.4 Å². The van der Waals surface area contributed by atoms with E-state index in [1.165, 1.54) is 0 Å². The van der Waals surface area contributed by atoms with E-state index in [1.54, 1.807) is 24.0 Å². The lowest BCUT2D eigenvalue weighted by atomic mass is 10.00. The molecule has 7 heteroatoms. The number of fused-ring (bicyclic) bond motifs is 1. The molecule has 0 aliphatic rings. The maximum atomic E-state index is 12.5. The van der Waals surface area contributed by atoms with E-state index in [-0.39, 0.29) is 5.78 Å². The van der Waals surface area contributed by atoms with Gasteiger partial charge in [-0.1, -0.05) is 42.5 Å². The summed E-state index contributed by atoms with van der Waals surface area (Å²) >= 11 is 0. The lowest BCUT2D eigenvalue weighted by molar-refractivity contribution is -0.117. The minimum Gasteiger partial charge on any atom is -0.495 e. The Balaban J connectivity index is 1.34. The molecule has 5 aromatic rings. The molecule has 5 rings (SSSR count). The molecule has 0 fully saturated rings. The summed E-state index contributed by atoms with van der Waals surface area (Å²) in [5, 5.41) is 7.78. The van der Waals surface area contributed by atoms with Crippen molar-refractivity contribution in [1.29, 1.82) is 0 Å². The second-order valence-electron chi connectivity index (χ2n) is 7.94.